The lowest BCUT2D eigenvalue weighted by Crippen LogP contribution is -2.25. The van der Waals surface area contributed by atoms with E-state index in [2.05, 4.69) is 55.3 Å². The SMILES string of the molecule is CCN(Cc1ccc(CNCC(C)C)cc1)CC1CC1. The second-order valence-corrected chi connectivity index (χ2v) is 6.61. The second kappa shape index (κ2) is 7.80. The Bertz CT molecular complexity index is 379. The van der Waals surface area contributed by atoms with Crippen LogP contribution in [-0.2, 0) is 13.1 Å². The number of benzene rings is 1. The van der Waals surface area contributed by atoms with Gasteiger partial charge in [0.15, 0.2) is 0 Å². The minimum Gasteiger partial charge on any atom is -0.312 e. The molecular weight excluding hydrogens is 244 g/mol. The van der Waals surface area contributed by atoms with Crippen LogP contribution >= 0.6 is 0 Å². The van der Waals surface area contributed by atoms with Crippen LogP contribution in [0.4, 0.5) is 0 Å². The first-order valence-corrected chi connectivity index (χ1v) is 8.18. The lowest BCUT2D eigenvalue weighted by Gasteiger charge is -2.20. The molecule has 1 aromatic rings. The Balaban J connectivity index is 1.77. The quantitative estimate of drug-likeness (QED) is 0.739. The van der Waals surface area contributed by atoms with Crippen molar-refractivity contribution in [1.29, 1.82) is 0 Å². The minimum atomic E-state index is 0.717. The zero-order valence-corrected chi connectivity index (χ0v) is 13.4. The molecule has 1 aliphatic rings. The topological polar surface area (TPSA) is 15.3 Å². The summed E-state index contributed by atoms with van der Waals surface area (Å²) < 4.78 is 0. The molecule has 0 atom stereocenters. The highest BCUT2D eigenvalue weighted by atomic mass is 15.1. The molecule has 1 fully saturated rings. The number of nitrogens with zero attached hydrogens (tertiary/aromatic N) is 1. The zero-order valence-electron chi connectivity index (χ0n) is 13.4. The molecule has 0 aliphatic heterocycles. The van der Waals surface area contributed by atoms with E-state index in [-0.39, 0.29) is 0 Å². The van der Waals surface area contributed by atoms with E-state index in [0.29, 0.717) is 0 Å². The van der Waals surface area contributed by atoms with Gasteiger partial charge in [0.2, 0.25) is 0 Å². The predicted molar refractivity (Wildman–Crippen MR) is 86.7 cm³/mol. The summed E-state index contributed by atoms with van der Waals surface area (Å²) in [6, 6.07) is 9.13. The molecule has 2 nitrogen and oxygen atoms in total. The molecule has 0 unspecified atom stereocenters. The van der Waals surface area contributed by atoms with Gasteiger partial charge in [0.25, 0.3) is 0 Å². The molecule has 0 spiro atoms. The fourth-order valence-corrected chi connectivity index (χ4v) is 2.50. The smallest absolute Gasteiger partial charge is 0.0233 e. The van der Waals surface area contributed by atoms with Crippen LogP contribution in [0.25, 0.3) is 0 Å². The molecule has 1 aromatic carbocycles. The maximum absolute atomic E-state index is 3.50. The van der Waals surface area contributed by atoms with Crippen LogP contribution in [0.3, 0.4) is 0 Å². The predicted octanol–water partition coefficient (Wildman–Crippen LogP) is 3.66. The maximum atomic E-state index is 3.50. The normalized spacial score (nSPS) is 15.2. The van der Waals surface area contributed by atoms with E-state index in [1.807, 2.05) is 0 Å². The van der Waals surface area contributed by atoms with Crippen molar-refractivity contribution in [3.8, 4) is 0 Å². The molecular formula is C18H30N2. The van der Waals surface area contributed by atoms with Crippen LogP contribution in [0.2, 0.25) is 0 Å². The first-order chi connectivity index (χ1) is 9.67. The molecule has 0 saturated heterocycles. The molecule has 2 heteroatoms. The number of hydrogen-bond donors (Lipinski definition) is 1. The molecule has 0 aromatic heterocycles. The highest BCUT2D eigenvalue weighted by Crippen LogP contribution is 2.30. The van der Waals surface area contributed by atoms with Crippen molar-refractivity contribution in [3.63, 3.8) is 0 Å². The van der Waals surface area contributed by atoms with Gasteiger partial charge in [-0.25, -0.2) is 0 Å². The van der Waals surface area contributed by atoms with Crippen LogP contribution in [0.15, 0.2) is 24.3 Å². The Kier molecular flexibility index (Phi) is 6.06. The molecule has 0 bridgehead atoms. The van der Waals surface area contributed by atoms with Crippen molar-refractivity contribution < 1.29 is 0 Å². The van der Waals surface area contributed by atoms with Gasteiger partial charge in [-0.1, -0.05) is 45.0 Å². The van der Waals surface area contributed by atoms with Crippen LogP contribution in [0.5, 0.6) is 0 Å². The van der Waals surface area contributed by atoms with Crippen molar-refractivity contribution in [3.05, 3.63) is 35.4 Å². The lowest BCUT2D eigenvalue weighted by molar-refractivity contribution is 0.268. The molecule has 0 radical (unpaired) electrons. The number of rotatable bonds is 9. The van der Waals surface area contributed by atoms with Crippen molar-refractivity contribution in [1.82, 2.24) is 10.2 Å². The molecule has 1 saturated carbocycles. The van der Waals surface area contributed by atoms with Gasteiger partial charge < -0.3 is 5.32 Å². The van der Waals surface area contributed by atoms with Gasteiger partial charge in [0.1, 0.15) is 0 Å². The van der Waals surface area contributed by atoms with Crippen LogP contribution < -0.4 is 5.32 Å². The Labute approximate surface area is 124 Å². The van der Waals surface area contributed by atoms with Gasteiger partial charge in [-0.05, 0) is 48.9 Å². The molecule has 112 valence electrons. The summed E-state index contributed by atoms with van der Waals surface area (Å²) >= 11 is 0. The fourth-order valence-electron chi connectivity index (χ4n) is 2.50. The number of nitrogens with one attached hydrogen (secondary N) is 1. The van der Waals surface area contributed by atoms with Crippen molar-refractivity contribution in [2.75, 3.05) is 19.6 Å². The Hall–Kier alpha value is -0.860. The first-order valence-electron chi connectivity index (χ1n) is 8.18. The van der Waals surface area contributed by atoms with E-state index in [1.54, 1.807) is 0 Å². The summed E-state index contributed by atoms with van der Waals surface area (Å²) in [6.45, 7) is 12.4. The van der Waals surface area contributed by atoms with Gasteiger partial charge in [0, 0.05) is 19.6 Å². The molecule has 1 N–H and O–H groups in total. The van der Waals surface area contributed by atoms with Gasteiger partial charge in [0.05, 0.1) is 0 Å². The van der Waals surface area contributed by atoms with Crippen LogP contribution in [0, 0.1) is 11.8 Å². The third kappa shape index (κ3) is 5.64. The van der Waals surface area contributed by atoms with Gasteiger partial charge in [-0.2, -0.15) is 0 Å². The Morgan fingerprint density at radius 3 is 2.35 bits per heavy atom. The van der Waals surface area contributed by atoms with E-state index in [4.69, 9.17) is 0 Å². The van der Waals surface area contributed by atoms with Gasteiger partial charge >= 0.3 is 0 Å². The van der Waals surface area contributed by atoms with E-state index in [9.17, 15) is 0 Å². The van der Waals surface area contributed by atoms with Gasteiger partial charge in [-0.3, -0.25) is 4.90 Å². The molecule has 0 amide bonds. The van der Waals surface area contributed by atoms with Gasteiger partial charge in [-0.15, -0.1) is 0 Å². The highest BCUT2D eigenvalue weighted by molar-refractivity contribution is 5.22. The molecule has 0 heterocycles. The van der Waals surface area contributed by atoms with E-state index < -0.39 is 0 Å². The summed E-state index contributed by atoms with van der Waals surface area (Å²) in [4.78, 5) is 2.57. The zero-order chi connectivity index (χ0) is 14.4. The van der Waals surface area contributed by atoms with Crippen molar-refractivity contribution >= 4 is 0 Å². The van der Waals surface area contributed by atoms with E-state index >= 15 is 0 Å². The lowest BCUT2D eigenvalue weighted by atomic mass is 10.1. The largest absolute Gasteiger partial charge is 0.312 e. The van der Waals surface area contributed by atoms with Crippen LogP contribution in [-0.4, -0.2) is 24.5 Å². The van der Waals surface area contributed by atoms with E-state index in [1.165, 1.54) is 30.5 Å². The molecule has 2 rings (SSSR count). The standard InChI is InChI=1S/C18H30N2/c1-4-20(14-18-9-10-18)13-17-7-5-16(6-8-17)12-19-11-15(2)3/h5-8,15,18-19H,4,9-14H2,1-3H3. The summed E-state index contributed by atoms with van der Waals surface area (Å²) in [5.74, 6) is 1.70. The van der Waals surface area contributed by atoms with E-state index in [0.717, 1.165) is 38.0 Å². The summed E-state index contributed by atoms with van der Waals surface area (Å²) in [7, 11) is 0. The summed E-state index contributed by atoms with van der Waals surface area (Å²) in [5, 5.41) is 3.50. The maximum Gasteiger partial charge on any atom is 0.0233 e. The Morgan fingerprint density at radius 1 is 1.15 bits per heavy atom. The molecule has 1 aliphatic carbocycles. The Morgan fingerprint density at radius 2 is 1.80 bits per heavy atom. The number of hydrogen-bond acceptors (Lipinski definition) is 2. The van der Waals surface area contributed by atoms with Crippen LogP contribution in [0.1, 0.15) is 44.7 Å². The van der Waals surface area contributed by atoms with Crippen molar-refractivity contribution in [2.24, 2.45) is 11.8 Å². The average molecular weight is 274 g/mol. The second-order valence-electron chi connectivity index (χ2n) is 6.61. The molecule has 20 heavy (non-hydrogen) atoms. The summed E-state index contributed by atoms with van der Waals surface area (Å²) in [5.41, 5.74) is 2.83. The monoisotopic (exact) mass is 274 g/mol. The third-order valence-electron chi connectivity index (χ3n) is 3.97. The minimum absolute atomic E-state index is 0.717. The first kappa shape index (κ1) is 15.5. The highest BCUT2D eigenvalue weighted by Gasteiger charge is 2.23. The fraction of sp³-hybridized carbons (Fsp3) is 0.667. The third-order valence-corrected chi connectivity index (χ3v) is 3.97. The summed E-state index contributed by atoms with van der Waals surface area (Å²) in [6.07, 6.45) is 2.88. The average Bonchev–Trinajstić information content (AvgIpc) is 3.23. The van der Waals surface area contributed by atoms with Crippen molar-refractivity contribution in [2.45, 2.75) is 46.7 Å².